The summed E-state index contributed by atoms with van der Waals surface area (Å²) < 4.78 is 5.63. The standard InChI is InChI=1S/C27H32N2O5/c1-16(2)22(26(31)32)14-28-25(30)21-12-7-13-24(21)29-27(33)34-15-23-19-10-5-3-8-17(19)18-9-4-6-11-20(18)23/h3-6,8-11,16,21-24H,7,12-15H2,1-2H3,(H,28,30)(H,29,33)(H,31,32)/t21-,22?,24+/m0/s1. The van der Waals surface area contributed by atoms with E-state index in [4.69, 9.17) is 4.74 Å². The zero-order valence-corrected chi connectivity index (χ0v) is 19.6. The van der Waals surface area contributed by atoms with Crippen LogP contribution >= 0.6 is 0 Å². The van der Waals surface area contributed by atoms with Crippen molar-refractivity contribution in [2.75, 3.05) is 13.2 Å². The van der Waals surface area contributed by atoms with Crippen LogP contribution in [-0.2, 0) is 14.3 Å². The molecule has 1 fully saturated rings. The van der Waals surface area contributed by atoms with E-state index in [2.05, 4.69) is 34.9 Å². The average molecular weight is 465 g/mol. The fourth-order valence-corrected chi connectivity index (χ4v) is 5.19. The topological polar surface area (TPSA) is 105 Å². The van der Waals surface area contributed by atoms with Gasteiger partial charge in [-0.2, -0.15) is 0 Å². The number of benzene rings is 2. The number of carbonyl (C=O) groups is 3. The van der Waals surface area contributed by atoms with Gasteiger partial charge in [-0.15, -0.1) is 0 Å². The molecule has 2 aromatic carbocycles. The van der Waals surface area contributed by atoms with Crippen LogP contribution < -0.4 is 10.6 Å². The quantitative estimate of drug-likeness (QED) is 0.544. The number of fused-ring (bicyclic) bond motifs is 3. The van der Waals surface area contributed by atoms with Crippen molar-refractivity contribution in [2.24, 2.45) is 17.8 Å². The summed E-state index contributed by atoms with van der Waals surface area (Å²) in [6.45, 7) is 3.95. The number of hydrogen-bond donors (Lipinski definition) is 3. The number of hydrogen-bond acceptors (Lipinski definition) is 4. The van der Waals surface area contributed by atoms with E-state index in [0.29, 0.717) is 12.8 Å². The maximum Gasteiger partial charge on any atom is 0.407 e. The normalized spacial score (nSPS) is 19.9. The molecule has 2 aliphatic rings. The molecule has 7 heteroatoms. The van der Waals surface area contributed by atoms with Crippen LogP contribution in [0.4, 0.5) is 4.79 Å². The largest absolute Gasteiger partial charge is 0.481 e. The minimum absolute atomic E-state index is 0.0233. The molecular weight excluding hydrogens is 432 g/mol. The predicted octanol–water partition coefficient (Wildman–Crippen LogP) is 4.17. The second kappa shape index (κ2) is 10.3. The average Bonchev–Trinajstić information content (AvgIpc) is 3.40. The van der Waals surface area contributed by atoms with Crippen molar-refractivity contribution in [3.05, 3.63) is 59.7 Å². The van der Waals surface area contributed by atoms with Gasteiger partial charge in [-0.25, -0.2) is 4.79 Å². The third-order valence-corrected chi connectivity index (χ3v) is 7.12. The van der Waals surface area contributed by atoms with E-state index in [9.17, 15) is 19.5 Å². The van der Waals surface area contributed by atoms with Crippen LogP contribution in [-0.4, -0.2) is 42.3 Å². The third-order valence-electron chi connectivity index (χ3n) is 7.12. The highest BCUT2D eigenvalue weighted by molar-refractivity contribution is 5.82. The highest BCUT2D eigenvalue weighted by Gasteiger charge is 2.36. The van der Waals surface area contributed by atoms with Crippen molar-refractivity contribution >= 4 is 18.0 Å². The smallest absolute Gasteiger partial charge is 0.407 e. The maximum absolute atomic E-state index is 12.7. The zero-order valence-electron chi connectivity index (χ0n) is 19.6. The highest BCUT2D eigenvalue weighted by Crippen LogP contribution is 2.44. The summed E-state index contributed by atoms with van der Waals surface area (Å²) >= 11 is 0. The van der Waals surface area contributed by atoms with Gasteiger partial charge in [0.05, 0.1) is 11.8 Å². The molecule has 3 atom stereocenters. The first-order chi connectivity index (χ1) is 16.4. The first-order valence-electron chi connectivity index (χ1n) is 12.0. The predicted molar refractivity (Wildman–Crippen MR) is 128 cm³/mol. The zero-order chi connectivity index (χ0) is 24.2. The van der Waals surface area contributed by atoms with Gasteiger partial charge in [0.15, 0.2) is 0 Å². The number of amides is 2. The number of nitrogens with one attached hydrogen (secondary N) is 2. The molecule has 2 amide bonds. The van der Waals surface area contributed by atoms with Crippen molar-refractivity contribution in [1.29, 1.82) is 0 Å². The van der Waals surface area contributed by atoms with Crippen molar-refractivity contribution < 1.29 is 24.2 Å². The van der Waals surface area contributed by atoms with Crippen LogP contribution in [0.25, 0.3) is 11.1 Å². The van der Waals surface area contributed by atoms with Gasteiger partial charge >= 0.3 is 12.1 Å². The monoisotopic (exact) mass is 464 g/mol. The van der Waals surface area contributed by atoms with Gasteiger partial charge in [-0.3, -0.25) is 9.59 Å². The summed E-state index contributed by atoms with van der Waals surface area (Å²) in [4.78, 5) is 36.8. The summed E-state index contributed by atoms with van der Waals surface area (Å²) in [5.41, 5.74) is 4.63. The first-order valence-corrected chi connectivity index (χ1v) is 12.0. The molecule has 0 aliphatic heterocycles. The van der Waals surface area contributed by atoms with Gasteiger partial charge in [0.1, 0.15) is 6.61 Å². The Morgan fingerprint density at radius 3 is 2.21 bits per heavy atom. The molecule has 0 heterocycles. The SMILES string of the molecule is CC(C)C(CNC(=O)[C@H]1CCC[C@H]1NC(=O)OCC1c2ccccc2-c2ccccc21)C(=O)O. The molecule has 4 rings (SSSR count). The lowest BCUT2D eigenvalue weighted by molar-refractivity contribution is -0.143. The van der Waals surface area contributed by atoms with Crippen molar-refractivity contribution in [3.8, 4) is 11.1 Å². The Morgan fingerprint density at radius 2 is 1.62 bits per heavy atom. The Morgan fingerprint density at radius 1 is 1.00 bits per heavy atom. The van der Waals surface area contributed by atoms with Crippen LogP contribution in [0.3, 0.4) is 0 Å². The molecule has 1 unspecified atom stereocenters. The minimum Gasteiger partial charge on any atom is -0.481 e. The molecular formula is C27H32N2O5. The van der Waals surface area contributed by atoms with E-state index in [1.54, 1.807) is 0 Å². The minimum atomic E-state index is -0.921. The maximum atomic E-state index is 12.7. The number of rotatable bonds is 8. The molecule has 1 saturated carbocycles. The number of carboxylic acids is 1. The van der Waals surface area contributed by atoms with Gasteiger partial charge in [-0.05, 0) is 41.0 Å². The summed E-state index contributed by atoms with van der Waals surface area (Å²) in [5.74, 6) is -2.27. The summed E-state index contributed by atoms with van der Waals surface area (Å²) in [6.07, 6.45) is 1.63. The lowest BCUT2D eigenvalue weighted by Gasteiger charge is -2.23. The highest BCUT2D eigenvalue weighted by atomic mass is 16.5. The Bertz CT molecular complexity index is 1020. The second-order valence-corrected chi connectivity index (χ2v) is 9.55. The van der Waals surface area contributed by atoms with E-state index in [-0.39, 0.29) is 42.9 Å². The van der Waals surface area contributed by atoms with E-state index in [0.717, 1.165) is 17.5 Å². The van der Waals surface area contributed by atoms with Gasteiger partial charge in [-0.1, -0.05) is 68.8 Å². The molecule has 3 N–H and O–H groups in total. The Balaban J connectivity index is 1.33. The lowest BCUT2D eigenvalue weighted by atomic mass is 9.95. The molecule has 0 radical (unpaired) electrons. The Hall–Kier alpha value is -3.35. The van der Waals surface area contributed by atoms with Crippen LogP contribution in [0.2, 0.25) is 0 Å². The van der Waals surface area contributed by atoms with Gasteiger partial charge in [0.25, 0.3) is 0 Å². The second-order valence-electron chi connectivity index (χ2n) is 9.55. The summed E-state index contributed by atoms with van der Waals surface area (Å²) in [7, 11) is 0. The number of aliphatic carboxylic acids is 1. The molecule has 7 nitrogen and oxygen atoms in total. The number of alkyl carbamates (subject to hydrolysis) is 1. The first kappa shape index (κ1) is 23.8. The molecule has 2 aromatic rings. The van der Waals surface area contributed by atoms with E-state index >= 15 is 0 Å². The number of carboxylic acid groups (broad SMARTS) is 1. The number of carbonyl (C=O) groups excluding carboxylic acids is 2. The molecule has 2 aliphatic carbocycles. The Labute approximate surface area is 199 Å². The fourth-order valence-electron chi connectivity index (χ4n) is 5.19. The van der Waals surface area contributed by atoms with Crippen molar-refractivity contribution in [3.63, 3.8) is 0 Å². The van der Waals surface area contributed by atoms with Crippen molar-refractivity contribution in [2.45, 2.75) is 45.1 Å². The summed E-state index contributed by atoms with van der Waals surface area (Å²) in [5, 5.41) is 15.0. The van der Waals surface area contributed by atoms with Crippen LogP contribution in [0.5, 0.6) is 0 Å². The third kappa shape index (κ3) is 4.93. The van der Waals surface area contributed by atoms with Gasteiger partial charge < -0.3 is 20.5 Å². The van der Waals surface area contributed by atoms with Crippen LogP contribution in [0.1, 0.15) is 50.2 Å². The van der Waals surface area contributed by atoms with Gasteiger partial charge in [0.2, 0.25) is 5.91 Å². The van der Waals surface area contributed by atoms with Gasteiger partial charge in [0, 0.05) is 18.5 Å². The molecule has 0 saturated heterocycles. The van der Waals surface area contributed by atoms with Crippen LogP contribution in [0.15, 0.2) is 48.5 Å². The van der Waals surface area contributed by atoms with E-state index < -0.39 is 18.0 Å². The summed E-state index contributed by atoms with van der Waals surface area (Å²) in [6, 6.07) is 16.0. The van der Waals surface area contributed by atoms with Crippen LogP contribution in [0, 0.1) is 17.8 Å². The molecule has 34 heavy (non-hydrogen) atoms. The molecule has 180 valence electrons. The fraction of sp³-hybridized carbons (Fsp3) is 0.444. The molecule has 0 bridgehead atoms. The number of ether oxygens (including phenoxy) is 1. The van der Waals surface area contributed by atoms with E-state index in [1.807, 2.05) is 38.1 Å². The molecule has 0 aromatic heterocycles. The van der Waals surface area contributed by atoms with E-state index in [1.165, 1.54) is 11.1 Å². The Kier molecular flexibility index (Phi) is 7.20. The lowest BCUT2D eigenvalue weighted by Crippen LogP contribution is -2.46. The van der Waals surface area contributed by atoms with Crippen molar-refractivity contribution in [1.82, 2.24) is 10.6 Å². The molecule has 0 spiro atoms.